The van der Waals surface area contributed by atoms with E-state index in [-0.39, 0.29) is 0 Å². The van der Waals surface area contributed by atoms with Gasteiger partial charge in [-0.15, -0.1) is 11.8 Å². The van der Waals surface area contributed by atoms with Gasteiger partial charge in [-0.05, 0) is 19.1 Å². The van der Waals surface area contributed by atoms with Crippen LogP contribution in [-0.4, -0.2) is 34.4 Å². The molecule has 3 nitrogen and oxygen atoms in total. The zero-order valence-electron chi connectivity index (χ0n) is 9.76. The van der Waals surface area contributed by atoms with Gasteiger partial charge in [0.1, 0.15) is 6.04 Å². The molecule has 3 N–H and O–H groups in total. The summed E-state index contributed by atoms with van der Waals surface area (Å²) >= 11 is 3.37. The molecule has 0 radical (unpaired) electrons. The smallest absolute Gasteiger partial charge is 0.321 e. The van der Waals surface area contributed by atoms with Crippen LogP contribution in [0.4, 0.5) is 0 Å². The fourth-order valence-electron chi connectivity index (χ4n) is 1.13. The Morgan fingerprint density at radius 1 is 1.35 bits per heavy atom. The molecule has 0 aliphatic heterocycles. The Balaban J connectivity index is 2.12. The van der Waals surface area contributed by atoms with Crippen LogP contribution in [0, 0.1) is 6.92 Å². The van der Waals surface area contributed by atoms with Crippen molar-refractivity contribution in [3.05, 3.63) is 29.8 Å². The second-order valence-electron chi connectivity index (χ2n) is 3.68. The predicted octanol–water partition coefficient (Wildman–Crippen LogP) is 2.23. The molecule has 0 aliphatic rings. The maximum atomic E-state index is 10.5. The molecule has 1 atom stereocenters. The van der Waals surface area contributed by atoms with Crippen molar-refractivity contribution >= 4 is 29.5 Å². The lowest BCUT2D eigenvalue weighted by molar-refractivity contribution is -0.137. The number of carboxylic acids is 1. The van der Waals surface area contributed by atoms with Crippen LogP contribution < -0.4 is 5.73 Å². The molecule has 1 aromatic rings. The quantitative estimate of drug-likeness (QED) is 0.588. The Morgan fingerprint density at radius 3 is 2.59 bits per heavy atom. The van der Waals surface area contributed by atoms with Crippen LogP contribution in [0.2, 0.25) is 0 Å². The van der Waals surface area contributed by atoms with E-state index in [2.05, 4.69) is 31.2 Å². The average molecular weight is 271 g/mol. The van der Waals surface area contributed by atoms with Crippen LogP contribution in [0.3, 0.4) is 0 Å². The number of carbonyl (C=O) groups is 1. The van der Waals surface area contributed by atoms with Crippen LogP contribution >= 0.6 is 23.5 Å². The fourth-order valence-corrected chi connectivity index (χ4v) is 3.07. The van der Waals surface area contributed by atoms with E-state index in [4.69, 9.17) is 10.8 Å². The minimum absolute atomic E-state index is 0.476. The average Bonchev–Trinajstić information content (AvgIpc) is 2.30. The predicted molar refractivity (Wildman–Crippen MR) is 74.8 cm³/mol. The maximum Gasteiger partial charge on any atom is 0.321 e. The van der Waals surface area contributed by atoms with Gasteiger partial charge in [0.25, 0.3) is 0 Å². The minimum atomic E-state index is -0.927. The number of thioether (sulfide) groups is 2. The largest absolute Gasteiger partial charge is 0.480 e. The van der Waals surface area contributed by atoms with Gasteiger partial charge in [-0.25, -0.2) is 0 Å². The summed E-state index contributed by atoms with van der Waals surface area (Å²) in [6.45, 7) is 2.07. The van der Waals surface area contributed by atoms with Gasteiger partial charge in [0.05, 0.1) is 0 Å². The second-order valence-corrected chi connectivity index (χ2v) is 6.00. The number of carboxylic acid groups (broad SMARTS) is 1. The van der Waals surface area contributed by atoms with Crippen LogP contribution in [0.25, 0.3) is 0 Å². The summed E-state index contributed by atoms with van der Waals surface area (Å²) in [6.07, 6.45) is 0. The van der Waals surface area contributed by atoms with Gasteiger partial charge >= 0.3 is 5.97 Å². The summed E-state index contributed by atoms with van der Waals surface area (Å²) in [7, 11) is 0. The van der Waals surface area contributed by atoms with E-state index in [9.17, 15) is 4.79 Å². The first-order valence-electron chi connectivity index (χ1n) is 5.35. The van der Waals surface area contributed by atoms with Gasteiger partial charge in [0.15, 0.2) is 0 Å². The Hall–Kier alpha value is -0.650. The first-order valence-corrected chi connectivity index (χ1v) is 7.49. The van der Waals surface area contributed by atoms with Crippen LogP contribution in [-0.2, 0) is 4.79 Å². The third-order valence-corrected chi connectivity index (χ3v) is 4.49. The van der Waals surface area contributed by atoms with Crippen molar-refractivity contribution in [3.63, 3.8) is 0 Å². The van der Waals surface area contributed by atoms with Gasteiger partial charge < -0.3 is 10.8 Å². The molecule has 5 heteroatoms. The lowest BCUT2D eigenvalue weighted by atomic mass is 10.2. The first-order chi connectivity index (χ1) is 8.09. The standard InChI is InChI=1S/C12H17NO2S2/c1-9-2-4-10(5-3-9)17-7-6-16-8-11(13)12(14)15/h2-5,11H,6-8,13H2,1H3,(H,14,15)/t11-/m0/s1. The highest BCUT2D eigenvalue weighted by Crippen LogP contribution is 2.19. The molecule has 0 aliphatic carbocycles. The number of rotatable bonds is 7. The Kier molecular flexibility index (Phi) is 6.47. The zero-order valence-corrected chi connectivity index (χ0v) is 11.4. The van der Waals surface area contributed by atoms with Crippen LogP contribution in [0.5, 0.6) is 0 Å². The fraction of sp³-hybridized carbons (Fsp3) is 0.417. The van der Waals surface area contributed by atoms with E-state index in [1.165, 1.54) is 10.5 Å². The summed E-state index contributed by atoms with van der Waals surface area (Å²) in [6, 6.07) is 7.65. The molecule has 0 unspecified atom stereocenters. The number of aryl methyl sites for hydroxylation is 1. The lowest BCUT2D eigenvalue weighted by Crippen LogP contribution is -2.32. The molecule has 0 heterocycles. The molecular weight excluding hydrogens is 254 g/mol. The summed E-state index contributed by atoms with van der Waals surface area (Å²) in [5, 5.41) is 8.60. The van der Waals surface area contributed by atoms with Crippen molar-refractivity contribution in [2.75, 3.05) is 17.3 Å². The molecule has 0 saturated heterocycles. The molecule has 0 amide bonds. The Labute approximate surface area is 110 Å². The molecule has 0 aromatic heterocycles. The summed E-state index contributed by atoms with van der Waals surface area (Å²) in [4.78, 5) is 11.7. The molecule has 94 valence electrons. The number of hydrogen-bond acceptors (Lipinski definition) is 4. The van der Waals surface area contributed by atoms with Crippen LogP contribution in [0.1, 0.15) is 5.56 Å². The van der Waals surface area contributed by atoms with Crippen molar-refractivity contribution in [3.8, 4) is 0 Å². The number of aliphatic carboxylic acids is 1. The van der Waals surface area contributed by atoms with Gasteiger partial charge in [-0.3, -0.25) is 4.79 Å². The second kappa shape index (κ2) is 7.63. The molecule has 17 heavy (non-hydrogen) atoms. The SMILES string of the molecule is Cc1ccc(SCCSC[C@H](N)C(=O)O)cc1. The Morgan fingerprint density at radius 2 is 2.00 bits per heavy atom. The lowest BCUT2D eigenvalue weighted by Gasteiger charge is -2.05. The third-order valence-electron chi connectivity index (χ3n) is 2.13. The molecule has 1 rings (SSSR count). The maximum absolute atomic E-state index is 10.5. The van der Waals surface area contributed by atoms with Gasteiger partial charge in [0.2, 0.25) is 0 Å². The van der Waals surface area contributed by atoms with E-state index in [0.717, 1.165) is 11.5 Å². The number of nitrogens with two attached hydrogens (primary N) is 1. The third kappa shape index (κ3) is 6.00. The summed E-state index contributed by atoms with van der Waals surface area (Å²) in [5.41, 5.74) is 6.66. The normalized spacial score (nSPS) is 12.4. The molecule has 0 saturated carbocycles. The van der Waals surface area contributed by atoms with Gasteiger partial charge in [0, 0.05) is 22.2 Å². The minimum Gasteiger partial charge on any atom is -0.480 e. The molecular formula is C12H17NO2S2. The van der Waals surface area contributed by atoms with E-state index in [1.54, 1.807) is 23.5 Å². The molecule has 1 aromatic carbocycles. The number of hydrogen-bond donors (Lipinski definition) is 2. The summed E-state index contributed by atoms with van der Waals surface area (Å²) in [5.74, 6) is 1.44. The highest BCUT2D eigenvalue weighted by molar-refractivity contribution is 8.03. The van der Waals surface area contributed by atoms with Gasteiger partial charge in [-0.2, -0.15) is 11.8 Å². The van der Waals surface area contributed by atoms with Crippen molar-refractivity contribution in [2.24, 2.45) is 5.73 Å². The van der Waals surface area contributed by atoms with E-state index < -0.39 is 12.0 Å². The highest BCUT2D eigenvalue weighted by Gasteiger charge is 2.10. The highest BCUT2D eigenvalue weighted by atomic mass is 32.2. The van der Waals surface area contributed by atoms with E-state index >= 15 is 0 Å². The van der Waals surface area contributed by atoms with Gasteiger partial charge in [-0.1, -0.05) is 17.7 Å². The molecule has 0 spiro atoms. The molecule has 0 bridgehead atoms. The monoisotopic (exact) mass is 271 g/mol. The Bertz CT molecular complexity index is 354. The number of benzene rings is 1. The van der Waals surface area contributed by atoms with E-state index in [1.807, 2.05) is 0 Å². The van der Waals surface area contributed by atoms with Crippen molar-refractivity contribution in [1.29, 1.82) is 0 Å². The van der Waals surface area contributed by atoms with Crippen LogP contribution in [0.15, 0.2) is 29.2 Å². The van der Waals surface area contributed by atoms with Crippen molar-refractivity contribution < 1.29 is 9.90 Å². The topological polar surface area (TPSA) is 63.3 Å². The van der Waals surface area contributed by atoms with E-state index in [0.29, 0.717) is 5.75 Å². The summed E-state index contributed by atoms with van der Waals surface area (Å²) < 4.78 is 0. The first kappa shape index (κ1) is 14.4. The molecule has 0 fully saturated rings. The van der Waals surface area contributed by atoms with Crippen molar-refractivity contribution in [2.45, 2.75) is 17.9 Å². The zero-order chi connectivity index (χ0) is 12.7. The van der Waals surface area contributed by atoms with Crippen molar-refractivity contribution in [1.82, 2.24) is 0 Å².